The molecule has 0 N–H and O–H groups in total. The number of esters is 1. The third-order valence-corrected chi connectivity index (χ3v) is 8.40. The number of carbonyl (C=O) groups excluding carboxylic acids is 1. The van der Waals surface area contributed by atoms with Crippen LogP contribution in [0.25, 0.3) is 22.4 Å². The summed E-state index contributed by atoms with van der Waals surface area (Å²) in [6, 6.07) is 12.3. The number of rotatable bonds is 9. The van der Waals surface area contributed by atoms with Crippen LogP contribution in [0.1, 0.15) is 60.6 Å². The second kappa shape index (κ2) is 12.0. The van der Waals surface area contributed by atoms with Crippen LogP contribution in [-0.2, 0) is 16.0 Å². The first-order valence-corrected chi connectivity index (χ1v) is 14.5. The Morgan fingerprint density at radius 3 is 2.55 bits per heavy atom. The van der Waals surface area contributed by atoms with Gasteiger partial charge in [-0.05, 0) is 74.9 Å². The van der Waals surface area contributed by atoms with E-state index >= 15 is 0 Å². The van der Waals surface area contributed by atoms with Crippen LogP contribution in [0.2, 0.25) is 5.02 Å². The minimum absolute atomic E-state index is 0.336. The van der Waals surface area contributed by atoms with E-state index in [1.54, 1.807) is 6.08 Å². The molecule has 0 spiro atoms. The molecular weight excluding hydrogens is 522 g/mol. The van der Waals surface area contributed by atoms with Crippen molar-refractivity contribution in [3.8, 4) is 11.3 Å². The number of hydrogen-bond acceptors (Lipinski definition) is 6. The highest BCUT2D eigenvalue weighted by Crippen LogP contribution is 2.45. The number of aryl methyl sites for hydroxylation is 1. The van der Waals surface area contributed by atoms with Gasteiger partial charge >= 0.3 is 5.97 Å². The van der Waals surface area contributed by atoms with E-state index in [1.807, 2.05) is 32.0 Å². The summed E-state index contributed by atoms with van der Waals surface area (Å²) in [6.07, 6.45) is 5.03. The summed E-state index contributed by atoms with van der Waals surface area (Å²) in [6.45, 7) is 14.8. The molecule has 0 bridgehead atoms. The number of carbonyl (C=O) groups is 1. The molecule has 1 saturated carbocycles. The molecule has 40 heavy (non-hydrogen) atoms. The van der Waals surface area contributed by atoms with Crippen LogP contribution in [0.15, 0.2) is 53.6 Å². The molecule has 0 amide bonds. The van der Waals surface area contributed by atoms with Gasteiger partial charge in [0, 0.05) is 55.5 Å². The van der Waals surface area contributed by atoms with Crippen molar-refractivity contribution >= 4 is 34.4 Å². The number of aromatic nitrogens is 1. The molecule has 3 aromatic rings. The van der Waals surface area contributed by atoms with E-state index in [9.17, 15) is 4.79 Å². The van der Waals surface area contributed by atoms with E-state index in [0.29, 0.717) is 11.5 Å². The second-order valence-corrected chi connectivity index (χ2v) is 11.3. The van der Waals surface area contributed by atoms with Gasteiger partial charge in [0.15, 0.2) is 0 Å². The normalized spacial score (nSPS) is 16.3. The quantitative estimate of drug-likeness (QED) is 0.205. The number of methoxy groups -OCH3 is 1. The lowest BCUT2D eigenvalue weighted by molar-refractivity contribution is -0.133. The SMILES string of the molecule is C=C(C)c1cc(N2CCN(CCc3c(-c4c(C)cccc4Cl)noc3C3CC3)CC2)ccc1/C(=C\C)C(=O)OC. The van der Waals surface area contributed by atoms with Crippen LogP contribution in [0, 0.1) is 6.92 Å². The Bertz CT molecular complexity index is 1420. The summed E-state index contributed by atoms with van der Waals surface area (Å²) >= 11 is 6.62. The summed E-state index contributed by atoms with van der Waals surface area (Å²) in [5.74, 6) is 1.20. The average molecular weight is 560 g/mol. The number of piperazine rings is 1. The van der Waals surface area contributed by atoms with Gasteiger partial charge in [-0.15, -0.1) is 0 Å². The first kappa shape index (κ1) is 28.2. The van der Waals surface area contributed by atoms with Gasteiger partial charge in [-0.3, -0.25) is 4.90 Å². The standard InChI is InChI=1S/C33H38ClN3O3/c1-6-25(33(38)39-5)26-13-12-24(20-28(26)21(2)3)37-18-16-36(17-19-37)15-14-27-31(35-40-32(27)23-10-11-23)30-22(4)8-7-9-29(30)34/h6-9,12-13,20,23H,2,10-11,14-19H2,1,3-5H3/b25-6+. The number of benzene rings is 2. The Labute approximate surface area is 242 Å². The predicted octanol–water partition coefficient (Wildman–Crippen LogP) is 7.15. The number of allylic oxidation sites excluding steroid dienone is 2. The molecule has 7 heteroatoms. The van der Waals surface area contributed by atoms with Crippen molar-refractivity contribution in [3.05, 3.63) is 82.1 Å². The first-order valence-electron chi connectivity index (χ1n) is 14.1. The van der Waals surface area contributed by atoms with Gasteiger partial charge in [0.2, 0.25) is 0 Å². The van der Waals surface area contributed by atoms with Gasteiger partial charge in [-0.1, -0.05) is 53.2 Å². The summed E-state index contributed by atoms with van der Waals surface area (Å²) in [5, 5.41) is 5.24. The predicted molar refractivity (Wildman–Crippen MR) is 163 cm³/mol. The van der Waals surface area contributed by atoms with Gasteiger partial charge < -0.3 is 14.2 Å². The monoisotopic (exact) mass is 559 g/mol. The number of hydrogen-bond donors (Lipinski definition) is 0. The lowest BCUT2D eigenvalue weighted by Crippen LogP contribution is -2.47. The molecule has 6 nitrogen and oxygen atoms in total. The van der Waals surface area contributed by atoms with Crippen molar-refractivity contribution < 1.29 is 14.1 Å². The van der Waals surface area contributed by atoms with Gasteiger partial charge in [-0.2, -0.15) is 0 Å². The minimum atomic E-state index is -0.336. The van der Waals surface area contributed by atoms with Crippen molar-refractivity contribution in [3.63, 3.8) is 0 Å². The Morgan fingerprint density at radius 1 is 1.18 bits per heavy atom. The molecule has 1 aliphatic heterocycles. The Balaban J connectivity index is 1.28. The zero-order valence-electron chi connectivity index (χ0n) is 23.9. The summed E-state index contributed by atoms with van der Waals surface area (Å²) in [7, 11) is 1.41. The number of halogens is 1. The highest BCUT2D eigenvalue weighted by Gasteiger charge is 2.33. The molecule has 2 heterocycles. The number of anilines is 1. The lowest BCUT2D eigenvalue weighted by atomic mass is 9.94. The molecule has 210 valence electrons. The van der Waals surface area contributed by atoms with Gasteiger partial charge in [0.1, 0.15) is 11.5 Å². The molecule has 2 fully saturated rings. The Morgan fingerprint density at radius 2 is 1.93 bits per heavy atom. The first-order chi connectivity index (χ1) is 19.3. The van der Waals surface area contributed by atoms with E-state index in [1.165, 1.54) is 25.5 Å². The molecule has 0 radical (unpaired) electrons. The fourth-order valence-corrected chi connectivity index (χ4v) is 5.98. The van der Waals surface area contributed by atoms with E-state index in [2.05, 4.69) is 46.7 Å². The largest absolute Gasteiger partial charge is 0.465 e. The fraction of sp³-hybridized carbons (Fsp3) is 0.394. The molecule has 0 unspecified atom stereocenters. The van der Waals surface area contributed by atoms with E-state index in [-0.39, 0.29) is 5.97 Å². The third kappa shape index (κ3) is 5.74. The molecular formula is C33H38ClN3O3. The van der Waals surface area contributed by atoms with Crippen LogP contribution >= 0.6 is 11.6 Å². The number of nitrogens with zero attached hydrogens (tertiary/aromatic N) is 3. The van der Waals surface area contributed by atoms with E-state index in [0.717, 1.165) is 89.1 Å². The van der Waals surface area contributed by atoms with Crippen LogP contribution in [0.4, 0.5) is 5.69 Å². The lowest BCUT2D eigenvalue weighted by Gasteiger charge is -2.36. The smallest absolute Gasteiger partial charge is 0.338 e. The van der Waals surface area contributed by atoms with Crippen LogP contribution < -0.4 is 4.90 Å². The van der Waals surface area contributed by atoms with Gasteiger partial charge in [0.05, 0.1) is 17.7 Å². The van der Waals surface area contributed by atoms with Crippen molar-refractivity contribution in [1.82, 2.24) is 10.1 Å². The van der Waals surface area contributed by atoms with Gasteiger partial charge in [-0.25, -0.2) is 4.79 Å². The maximum Gasteiger partial charge on any atom is 0.338 e. The molecule has 1 aromatic heterocycles. The van der Waals surface area contributed by atoms with E-state index in [4.69, 9.17) is 20.9 Å². The van der Waals surface area contributed by atoms with Crippen molar-refractivity contribution in [2.24, 2.45) is 0 Å². The topological polar surface area (TPSA) is 58.8 Å². The maximum absolute atomic E-state index is 12.3. The Kier molecular flexibility index (Phi) is 8.48. The minimum Gasteiger partial charge on any atom is -0.465 e. The zero-order chi connectivity index (χ0) is 28.4. The molecule has 2 aliphatic rings. The van der Waals surface area contributed by atoms with Crippen LogP contribution in [0.5, 0.6) is 0 Å². The number of ether oxygens (including phenoxy) is 1. The van der Waals surface area contributed by atoms with Crippen molar-refractivity contribution in [2.75, 3.05) is 44.7 Å². The van der Waals surface area contributed by atoms with Gasteiger partial charge in [0.25, 0.3) is 0 Å². The highest BCUT2D eigenvalue weighted by atomic mass is 35.5. The van der Waals surface area contributed by atoms with Crippen LogP contribution in [-0.4, -0.2) is 55.9 Å². The maximum atomic E-state index is 12.3. The molecule has 2 aromatic carbocycles. The Hall–Kier alpha value is -3.35. The van der Waals surface area contributed by atoms with Crippen molar-refractivity contribution in [2.45, 2.75) is 46.0 Å². The molecule has 0 atom stereocenters. The summed E-state index contributed by atoms with van der Waals surface area (Å²) in [4.78, 5) is 17.3. The fourth-order valence-electron chi connectivity index (χ4n) is 5.67. The molecule has 1 aliphatic carbocycles. The highest BCUT2D eigenvalue weighted by molar-refractivity contribution is 6.33. The zero-order valence-corrected chi connectivity index (χ0v) is 24.7. The van der Waals surface area contributed by atoms with E-state index < -0.39 is 0 Å². The van der Waals surface area contributed by atoms with Crippen molar-refractivity contribution in [1.29, 1.82) is 0 Å². The third-order valence-electron chi connectivity index (χ3n) is 8.09. The summed E-state index contributed by atoms with van der Waals surface area (Å²) in [5.41, 5.74) is 8.68. The summed E-state index contributed by atoms with van der Waals surface area (Å²) < 4.78 is 10.9. The molecule has 1 saturated heterocycles. The molecule has 5 rings (SSSR count). The second-order valence-electron chi connectivity index (χ2n) is 10.9. The average Bonchev–Trinajstić information content (AvgIpc) is 3.72. The van der Waals surface area contributed by atoms with Crippen LogP contribution in [0.3, 0.4) is 0 Å².